The summed E-state index contributed by atoms with van der Waals surface area (Å²) in [6, 6.07) is 9.00. The summed E-state index contributed by atoms with van der Waals surface area (Å²) in [7, 11) is 0. The van der Waals surface area contributed by atoms with E-state index in [-0.39, 0.29) is 0 Å². The lowest BCUT2D eigenvalue weighted by molar-refractivity contribution is 0.574. The van der Waals surface area contributed by atoms with E-state index in [1.807, 2.05) is 0 Å². The maximum atomic E-state index is 5.35. The van der Waals surface area contributed by atoms with E-state index >= 15 is 0 Å². The van der Waals surface area contributed by atoms with Crippen molar-refractivity contribution in [1.82, 2.24) is 14.8 Å². The number of benzene rings is 1. The Kier molecular flexibility index (Phi) is 3.61. The van der Waals surface area contributed by atoms with Crippen LogP contribution >= 0.6 is 12.2 Å². The lowest BCUT2D eigenvalue weighted by Crippen LogP contribution is -2.26. The number of nitrogens with one attached hydrogen (secondary N) is 1. The van der Waals surface area contributed by atoms with Crippen LogP contribution in [0.2, 0.25) is 0 Å². The van der Waals surface area contributed by atoms with Crippen LogP contribution in [0.1, 0.15) is 37.4 Å². The summed E-state index contributed by atoms with van der Waals surface area (Å²) in [5.74, 6) is 0.960. The Hall–Kier alpha value is -1.62. The molecule has 0 fully saturated rings. The van der Waals surface area contributed by atoms with Crippen LogP contribution in [0.3, 0.4) is 0 Å². The van der Waals surface area contributed by atoms with Crippen molar-refractivity contribution in [2.45, 2.75) is 39.3 Å². The lowest BCUT2D eigenvalue weighted by Gasteiger charge is -2.23. The first-order valence-corrected chi connectivity index (χ1v) is 7.56. The van der Waals surface area contributed by atoms with Crippen LogP contribution in [0.25, 0.3) is 0 Å². The van der Waals surface area contributed by atoms with Crippen LogP contribution in [0, 0.1) is 4.77 Å². The molecule has 4 nitrogen and oxygen atoms in total. The van der Waals surface area contributed by atoms with Crippen LogP contribution in [0.4, 0.5) is 5.95 Å². The Morgan fingerprint density at radius 1 is 1.25 bits per heavy atom. The Morgan fingerprint density at radius 2 is 2.00 bits per heavy atom. The number of aromatic amines is 1. The molecule has 0 saturated heterocycles. The van der Waals surface area contributed by atoms with Gasteiger partial charge in [-0.2, -0.15) is 0 Å². The fourth-order valence-electron chi connectivity index (χ4n) is 2.86. The third kappa shape index (κ3) is 2.38. The number of rotatable bonds is 2. The van der Waals surface area contributed by atoms with Crippen molar-refractivity contribution in [1.29, 1.82) is 0 Å². The number of aryl methyl sites for hydroxylation is 1. The van der Waals surface area contributed by atoms with Crippen molar-refractivity contribution >= 4 is 18.2 Å². The molecule has 5 heteroatoms. The van der Waals surface area contributed by atoms with Gasteiger partial charge in [-0.25, -0.2) is 5.10 Å². The van der Waals surface area contributed by atoms with Crippen LogP contribution in [0.5, 0.6) is 0 Å². The van der Waals surface area contributed by atoms with Crippen molar-refractivity contribution in [2.24, 2.45) is 0 Å². The summed E-state index contributed by atoms with van der Waals surface area (Å²) < 4.78 is 2.80. The predicted octanol–water partition coefficient (Wildman–Crippen LogP) is 3.47. The van der Waals surface area contributed by atoms with Gasteiger partial charge in [0, 0.05) is 19.1 Å². The van der Waals surface area contributed by atoms with Gasteiger partial charge in [-0.05, 0) is 50.0 Å². The van der Waals surface area contributed by atoms with E-state index in [9.17, 15) is 0 Å². The van der Waals surface area contributed by atoms with Crippen LogP contribution < -0.4 is 4.90 Å². The lowest BCUT2D eigenvalue weighted by atomic mass is 10.0. The summed E-state index contributed by atoms with van der Waals surface area (Å²) in [6.45, 7) is 6.20. The molecule has 0 amide bonds. The molecule has 3 rings (SSSR count). The van der Waals surface area contributed by atoms with Gasteiger partial charge in [-0.3, -0.25) is 4.57 Å². The van der Waals surface area contributed by atoms with E-state index in [1.54, 1.807) is 0 Å². The third-order valence-electron chi connectivity index (χ3n) is 3.84. The molecule has 1 aromatic carbocycles. The normalized spacial score (nSPS) is 15.2. The molecule has 0 aliphatic carbocycles. The zero-order valence-corrected chi connectivity index (χ0v) is 12.8. The van der Waals surface area contributed by atoms with E-state index in [0.29, 0.717) is 10.8 Å². The van der Waals surface area contributed by atoms with E-state index in [0.717, 1.165) is 31.9 Å². The number of fused-ring (bicyclic) bond motifs is 1. The molecule has 2 aromatic rings. The monoisotopic (exact) mass is 288 g/mol. The Morgan fingerprint density at radius 3 is 2.75 bits per heavy atom. The number of anilines is 1. The molecule has 1 aliphatic rings. The van der Waals surface area contributed by atoms with Gasteiger partial charge < -0.3 is 4.90 Å². The average molecular weight is 288 g/mol. The summed E-state index contributed by atoms with van der Waals surface area (Å²) in [4.78, 5) is 2.33. The van der Waals surface area contributed by atoms with Crippen LogP contribution in [0.15, 0.2) is 24.3 Å². The fourth-order valence-corrected chi connectivity index (χ4v) is 3.19. The van der Waals surface area contributed by atoms with E-state index in [4.69, 9.17) is 12.2 Å². The third-order valence-corrected chi connectivity index (χ3v) is 4.13. The fraction of sp³-hybridized carbons (Fsp3) is 0.467. The molecule has 1 N–H and O–H groups in total. The summed E-state index contributed by atoms with van der Waals surface area (Å²) in [5.41, 5.74) is 2.86. The first kappa shape index (κ1) is 13.4. The minimum atomic E-state index is 0.315. The minimum Gasteiger partial charge on any atom is -0.337 e. The maximum Gasteiger partial charge on any atom is 0.226 e. The molecule has 1 aliphatic heterocycles. The summed E-state index contributed by atoms with van der Waals surface area (Å²) in [5, 5.41) is 7.38. The van der Waals surface area contributed by atoms with Gasteiger partial charge in [0.15, 0.2) is 4.77 Å². The van der Waals surface area contributed by atoms with Gasteiger partial charge in [0.1, 0.15) is 0 Å². The van der Waals surface area contributed by atoms with Gasteiger partial charge in [0.2, 0.25) is 5.95 Å². The molecule has 0 atom stereocenters. The molecule has 1 aromatic heterocycles. The number of H-pyrrole nitrogens is 1. The SMILES string of the molecule is CC(C)n1c(N2CCCc3ccccc3C2)n[nH]c1=S. The molecule has 106 valence electrons. The van der Waals surface area contributed by atoms with Crippen molar-refractivity contribution in [3.63, 3.8) is 0 Å². The number of hydrogen-bond donors (Lipinski definition) is 1. The second-order valence-electron chi connectivity index (χ2n) is 5.59. The molecular weight excluding hydrogens is 268 g/mol. The highest BCUT2D eigenvalue weighted by molar-refractivity contribution is 7.71. The highest BCUT2D eigenvalue weighted by Crippen LogP contribution is 2.24. The number of aromatic nitrogens is 3. The topological polar surface area (TPSA) is 36.9 Å². The van der Waals surface area contributed by atoms with Gasteiger partial charge in [0.05, 0.1) is 0 Å². The molecule has 0 spiro atoms. The standard InChI is InChI=1S/C15H20N4S/c1-11(2)19-14(16-17-15(19)20)18-9-5-8-12-6-3-4-7-13(12)10-18/h3-4,6-7,11H,5,8-10H2,1-2H3,(H,17,20). The molecule has 0 unspecified atom stereocenters. The molecule has 0 bridgehead atoms. The Balaban J connectivity index is 1.98. The zero-order valence-electron chi connectivity index (χ0n) is 12.0. The zero-order chi connectivity index (χ0) is 14.1. The van der Waals surface area contributed by atoms with Crippen molar-refractivity contribution < 1.29 is 0 Å². The van der Waals surface area contributed by atoms with Crippen molar-refractivity contribution in [3.8, 4) is 0 Å². The minimum absolute atomic E-state index is 0.315. The van der Waals surface area contributed by atoms with Gasteiger partial charge in [-0.1, -0.05) is 24.3 Å². The number of nitrogens with zero attached hydrogens (tertiary/aromatic N) is 3. The predicted molar refractivity (Wildman–Crippen MR) is 83.6 cm³/mol. The molecule has 0 saturated carbocycles. The smallest absolute Gasteiger partial charge is 0.226 e. The van der Waals surface area contributed by atoms with Gasteiger partial charge >= 0.3 is 0 Å². The van der Waals surface area contributed by atoms with E-state index in [1.165, 1.54) is 11.1 Å². The van der Waals surface area contributed by atoms with Crippen molar-refractivity contribution in [2.75, 3.05) is 11.4 Å². The second kappa shape index (κ2) is 5.40. The average Bonchev–Trinajstić information content (AvgIpc) is 2.69. The number of hydrogen-bond acceptors (Lipinski definition) is 3. The molecule has 0 radical (unpaired) electrons. The highest BCUT2D eigenvalue weighted by atomic mass is 32.1. The van der Waals surface area contributed by atoms with E-state index < -0.39 is 0 Å². The summed E-state index contributed by atoms with van der Waals surface area (Å²) >= 11 is 5.35. The van der Waals surface area contributed by atoms with E-state index in [2.05, 4.69) is 57.8 Å². The Labute approximate surface area is 124 Å². The Bertz CT molecular complexity index is 656. The second-order valence-corrected chi connectivity index (χ2v) is 5.97. The maximum absolute atomic E-state index is 5.35. The van der Waals surface area contributed by atoms with Gasteiger partial charge in [-0.15, -0.1) is 5.10 Å². The largest absolute Gasteiger partial charge is 0.337 e. The van der Waals surface area contributed by atoms with Crippen LogP contribution in [-0.4, -0.2) is 21.3 Å². The van der Waals surface area contributed by atoms with Crippen molar-refractivity contribution in [3.05, 3.63) is 40.2 Å². The molecule has 20 heavy (non-hydrogen) atoms. The van der Waals surface area contributed by atoms with Crippen LogP contribution in [-0.2, 0) is 13.0 Å². The molecular formula is C15H20N4S. The molecule has 2 heterocycles. The quantitative estimate of drug-likeness (QED) is 0.860. The highest BCUT2D eigenvalue weighted by Gasteiger charge is 2.20. The summed E-state index contributed by atoms with van der Waals surface area (Å²) in [6.07, 6.45) is 2.29. The first-order valence-electron chi connectivity index (χ1n) is 7.15. The first-order chi connectivity index (χ1) is 9.66. The van der Waals surface area contributed by atoms with Gasteiger partial charge in [0.25, 0.3) is 0 Å².